The van der Waals surface area contributed by atoms with E-state index in [9.17, 15) is 14.0 Å². The van der Waals surface area contributed by atoms with Gasteiger partial charge >= 0.3 is 0 Å². The first kappa shape index (κ1) is 20.5. The summed E-state index contributed by atoms with van der Waals surface area (Å²) in [7, 11) is 0. The number of halogens is 1. The average Bonchev–Trinajstić information content (AvgIpc) is 3.19. The molecule has 0 fully saturated rings. The lowest BCUT2D eigenvalue weighted by atomic mass is 9.96. The summed E-state index contributed by atoms with van der Waals surface area (Å²) in [6, 6.07) is 18.1. The first-order valence-corrected chi connectivity index (χ1v) is 11.2. The molecule has 34 heavy (non-hydrogen) atoms. The molecule has 1 aromatic heterocycles. The van der Waals surface area contributed by atoms with Crippen LogP contribution >= 0.6 is 0 Å². The van der Waals surface area contributed by atoms with Crippen molar-refractivity contribution in [1.82, 2.24) is 9.55 Å². The number of fused-ring (bicyclic) bond motifs is 1. The predicted molar refractivity (Wildman–Crippen MR) is 129 cm³/mol. The highest BCUT2D eigenvalue weighted by Gasteiger charge is 2.38. The normalized spacial score (nSPS) is 17.0. The molecule has 3 heterocycles. The van der Waals surface area contributed by atoms with E-state index >= 15 is 0 Å². The number of hydrogen-bond donors (Lipinski definition) is 0. The van der Waals surface area contributed by atoms with E-state index in [0.717, 1.165) is 34.4 Å². The predicted octanol–water partition coefficient (Wildman–Crippen LogP) is 4.09. The Hall–Kier alpha value is -4.13. The lowest BCUT2D eigenvalue weighted by Crippen LogP contribution is -2.40. The van der Waals surface area contributed by atoms with Gasteiger partial charge in [0.2, 0.25) is 6.17 Å². The third-order valence-electron chi connectivity index (χ3n) is 6.55. The largest absolute Gasteiger partial charge is 0.308 e. The Bertz CT molecular complexity index is 1590. The molecule has 0 bridgehead atoms. The van der Waals surface area contributed by atoms with Crippen LogP contribution in [0.5, 0.6) is 0 Å². The summed E-state index contributed by atoms with van der Waals surface area (Å²) in [5, 5.41) is -0.142. The molecule has 0 saturated heterocycles. The fraction of sp³-hybridized carbons (Fsp3) is 0.185. The molecular weight excluding hydrogens is 431 g/mol. The highest BCUT2D eigenvalue weighted by Crippen LogP contribution is 2.39. The van der Waals surface area contributed by atoms with Gasteiger partial charge in [-0.2, -0.15) is 0 Å². The molecule has 6 nitrogen and oxygen atoms in total. The molecular formula is C27H21FN4O2. The monoisotopic (exact) mass is 452 g/mol. The van der Waals surface area contributed by atoms with Crippen LogP contribution in [0.4, 0.5) is 10.1 Å². The van der Waals surface area contributed by atoms with Gasteiger partial charge in [-0.15, -0.1) is 0 Å². The number of anilines is 1. The summed E-state index contributed by atoms with van der Waals surface area (Å²) in [5.41, 5.74) is 4.97. The Morgan fingerprint density at radius 2 is 1.79 bits per heavy atom. The third-order valence-corrected chi connectivity index (χ3v) is 6.55. The minimum absolute atomic E-state index is 0.142. The van der Waals surface area contributed by atoms with E-state index in [1.807, 2.05) is 43.3 Å². The molecule has 0 spiro atoms. The number of benzene rings is 3. The second-order valence-corrected chi connectivity index (χ2v) is 8.75. The SMILES string of the molecule is Cc1cc2c3c(c1)C(c1ccccc1)=N[C@@H](n1c(C)nc4cccc(F)c4c1=O)C(=O)N3CC2. The van der Waals surface area contributed by atoms with E-state index in [1.165, 1.54) is 16.7 Å². The van der Waals surface area contributed by atoms with Gasteiger partial charge in [0.1, 0.15) is 17.0 Å². The standard InChI is InChI=1S/C27H21FN4O2/c1-15-13-18-11-12-31-24(18)19(14-15)23(17-7-4-3-5-8-17)30-25(27(31)34)32-16(2)29-21-10-6-9-20(28)22(21)26(32)33/h3-10,13-14,25H,11-12H2,1-2H3/t25-/m0/s1. The van der Waals surface area contributed by atoms with Crippen molar-refractivity contribution in [2.24, 2.45) is 4.99 Å². The molecule has 0 aliphatic carbocycles. The minimum Gasteiger partial charge on any atom is -0.308 e. The molecule has 3 aromatic carbocycles. The summed E-state index contributed by atoms with van der Waals surface area (Å²) in [4.78, 5) is 38.5. The Morgan fingerprint density at radius 3 is 2.59 bits per heavy atom. The Balaban J connectivity index is 1.68. The zero-order chi connectivity index (χ0) is 23.6. The molecule has 0 N–H and O–H groups in total. The van der Waals surface area contributed by atoms with Crippen LogP contribution in [0.1, 0.15) is 34.2 Å². The highest BCUT2D eigenvalue weighted by atomic mass is 19.1. The van der Waals surface area contributed by atoms with Gasteiger partial charge in [0, 0.05) is 17.7 Å². The van der Waals surface area contributed by atoms with E-state index in [2.05, 4.69) is 11.1 Å². The van der Waals surface area contributed by atoms with Crippen LogP contribution in [0, 0.1) is 19.7 Å². The number of amides is 1. The zero-order valence-electron chi connectivity index (χ0n) is 18.7. The topological polar surface area (TPSA) is 67.6 Å². The van der Waals surface area contributed by atoms with Crippen molar-refractivity contribution in [1.29, 1.82) is 0 Å². The quantitative estimate of drug-likeness (QED) is 0.460. The van der Waals surface area contributed by atoms with E-state index in [4.69, 9.17) is 4.99 Å². The van der Waals surface area contributed by atoms with Gasteiger partial charge in [-0.1, -0.05) is 48.0 Å². The molecule has 2 aliphatic heterocycles. The van der Waals surface area contributed by atoms with Crippen LogP contribution in [-0.2, 0) is 11.2 Å². The number of aryl methyl sites for hydroxylation is 2. The van der Waals surface area contributed by atoms with E-state index in [1.54, 1.807) is 17.9 Å². The number of nitrogens with zero attached hydrogens (tertiary/aromatic N) is 4. The van der Waals surface area contributed by atoms with E-state index < -0.39 is 17.5 Å². The minimum atomic E-state index is -1.20. The smallest absolute Gasteiger partial charge is 0.272 e. The molecule has 6 rings (SSSR count). The average molecular weight is 452 g/mol. The number of aliphatic imine (C=N–C) groups is 1. The molecule has 1 amide bonds. The summed E-state index contributed by atoms with van der Waals surface area (Å²) < 4.78 is 15.9. The van der Waals surface area contributed by atoms with Crippen molar-refractivity contribution < 1.29 is 9.18 Å². The van der Waals surface area contributed by atoms with Crippen molar-refractivity contribution in [2.75, 3.05) is 11.4 Å². The van der Waals surface area contributed by atoms with Crippen molar-refractivity contribution in [3.63, 3.8) is 0 Å². The molecule has 0 unspecified atom stereocenters. The fourth-order valence-electron chi connectivity index (χ4n) is 5.09. The number of aromatic nitrogens is 2. The molecule has 0 radical (unpaired) electrons. The summed E-state index contributed by atoms with van der Waals surface area (Å²) in [6.07, 6.45) is -0.471. The van der Waals surface area contributed by atoms with Crippen molar-refractivity contribution in [3.05, 3.63) is 105 Å². The van der Waals surface area contributed by atoms with Gasteiger partial charge < -0.3 is 4.90 Å². The van der Waals surface area contributed by atoms with Crippen LogP contribution in [0.3, 0.4) is 0 Å². The van der Waals surface area contributed by atoms with Gasteiger partial charge in [-0.3, -0.25) is 14.2 Å². The summed E-state index contributed by atoms with van der Waals surface area (Å²) >= 11 is 0. The first-order valence-electron chi connectivity index (χ1n) is 11.2. The lowest BCUT2D eigenvalue weighted by Gasteiger charge is -2.23. The Labute approximate surface area is 195 Å². The molecule has 1 atom stereocenters. The maximum Gasteiger partial charge on any atom is 0.272 e. The second kappa shape index (κ2) is 7.45. The van der Waals surface area contributed by atoms with E-state index in [0.29, 0.717) is 18.1 Å². The molecule has 7 heteroatoms. The summed E-state index contributed by atoms with van der Waals surface area (Å²) in [5.74, 6) is -0.684. The van der Waals surface area contributed by atoms with Crippen molar-refractivity contribution in [3.8, 4) is 0 Å². The first-order chi connectivity index (χ1) is 16.4. The number of carbonyl (C=O) groups is 1. The van der Waals surface area contributed by atoms with Gasteiger partial charge in [-0.25, -0.2) is 14.4 Å². The van der Waals surface area contributed by atoms with Crippen molar-refractivity contribution >= 4 is 28.2 Å². The highest BCUT2D eigenvalue weighted by molar-refractivity contribution is 6.20. The van der Waals surface area contributed by atoms with Gasteiger partial charge in [0.15, 0.2) is 0 Å². The summed E-state index contributed by atoms with van der Waals surface area (Å²) in [6.45, 7) is 4.17. The molecule has 2 aliphatic rings. The van der Waals surface area contributed by atoms with E-state index in [-0.39, 0.29) is 16.8 Å². The fourth-order valence-corrected chi connectivity index (χ4v) is 5.09. The van der Waals surface area contributed by atoms with Crippen LogP contribution in [0.15, 0.2) is 70.5 Å². The maximum atomic E-state index is 14.7. The van der Waals surface area contributed by atoms with Gasteiger partial charge in [0.05, 0.1) is 16.9 Å². The Kier molecular flexibility index (Phi) is 4.49. The van der Waals surface area contributed by atoms with Gasteiger partial charge in [0.25, 0.3) is 11.5 Å². The molecule has 0 saturated carbocycles. The number of hydrogen-bond acceptors (Lipinski definition) is 4. The number of carbonyl (C=O) groups excluding carboxylic acids is 1. The van der Waals surface area contributed by atoms with Crippen LogP contribution < -0.4 is 10.5 Å². The maximum absolute atomic E-state index is 14.7. The number of rotatable bonds is 2. The molecule has 4 aromatic rings. The van der Waals surface area contributed by atoms with Crippen LogP contribution in [0.25, 0.3) is 10.9 Å². The lowest BCUT2D eigenvalue weighted by molar-refractivity contribution is -0.121. The van der Waals surface area contributed by atoms with Crippen LogP contribution in [-0.4, -0.2) is 27.7 Å². The Morgan fingerprint density at radius 1 is 1.00 bits per heavy atom. The van der Waals surface area contributed by atoms with Crippen LogP contribution in [0.2, 0.25) is 0 Å². The zero-order valence-corrected chi connectivity index (χ0v) is 18.7. The third kappa shape index (κ3) is 2.93. The second-order valence-electron chi connectivity index (χ2n) is 8.75. The van der Waals surface area contributed by atoms with Gasteiger partial charge in [-0.05, 0) is 44.0 Å². The molecule has 168 valence electrons. The van der Waals surface area contributed by atoms with Crippen molar-refractivity contribution in [2.45, 2.75) is 26.4 Å².